The first kappa shape index (κ1) is 33.5. The first-order valence-electron chi connectivity index (χ1n) is 13.2. The zero-order valence-corrected chi connectivity index (χ0v) is 24.1. The summed E-state index contributed by atoms with van der Waals surface area (Å²) in [5, 5.41) is 9.48. The minimum absolute atomic E-state index is 0.0763. The molecule has 0 heterocycles. The van der Waals surface area contributed by atoms with Crippen molar-refractivity contribution in [1.29, 1.82) is 0 Å². The average molecular weight is 538 g/mol. The Kier molecular flexibility index (Phi) is 14.5. The molecule has 0 radical (unpaired) electrons. The molecule has 0 aromatic heterocycles. The van der Waals surface area contributed by atoms with Gasteiger partial charge in [0.25, 0.3) is 0 Å². The highest BCUT2D eigenvalue weighted by Gasteiger charge is 2.44. The second-order valence-corrected chi connectivity index (χ2v) is 11.0. The van der Waals surface area contributed by atoms with Crippen molar-refractivity contribution in [3.63, 3.8) is 0 Å². The highest BCUT2D eigenvalue weighted by atomic mass is 16.6. The minimum atomic E-state index is -1.43. The van der Waals surface area contributed by atoms with E-state index >= 15 is 0 Å². The summed E-state index contributed by atoms with van der Waals surface area (Å²) in [7, 11) is 0. The Morgan fingerprint density at radius 1 is 0.789 bits per heavy atom. The topological polar surface area (TPSA) is 124 Å². The largest absolute Gasteiger partial charge is 0.466 e. The van der Waals surface area contributed by atoms with Crippen LogP contribution in [0.25, 0.3) is 0 Å². The van der Waals surface area contributed by atoms with Crippen molar-refractivity contribution in [2.75, 3.05) is 45.9 Å². The van der Waals surface area contributed by atoms with Crippen LogP contribution in [-0.2, 0) is 39.9 Å². The van der Waals surface area contributed by atoms with Gasteiger partial charge in [0, 0.05) is 26.2 Å². The number of esters is 3. The highest BCUT2D eigenvalue weighted by Crippen LogP contribution is 2.20. The van der Waals surface area contributed by atoms with Gasteiger partial charge in [0.05, 0.1) is 32.8 Å². The summed E-state index contributed by atoms with van der Waals surface area (Å²) < 4.78 is 22.0. The van der Waals surface area contributed by atoms with Gasteiger partial charge in [0.2, 0.25) is 0 Å². The predicted octanol–water partition coefficient (Wildman–Crippen LogP) is 2.35. The van der Waals surface area contributed by atoms with Gasteiger partial charge in [0.1, 0.15) is 11.2 Å². The van der Waals surface area contributed by atoms with E-state index in [1.165, 1.54) is 0 Å². The smallest absolute Gasteiger partial charge is 0.329 e. The summed E-state index contributed by atoms with van der Waals surface area (Å²) in [4.78, 5) is 37.7. The summed E-state index contributed by atoms with van der Waals surface area (Å²) in [6.45, 7) is 15.0. The molecule has 1 unspecified atom stereocenters. The number of carbonyl (C=O) groups excluding carboxylic acids is 3. The van der Waals surface area contributed by atoms with E-state index in [1.807, 2.05) is 51.1 Å². The molecule has 0 amide bonds. The molecule has 0 spiro atoms. The summed E-state index contributed by atoms with van der Waals surface area (Å²) in [6.07, 6.45) is -0.234. The van der Waals surface area contributed by atoms with Crippen molar-refractivity contribution in [1.82, 2.24) is 16.0 Å². The predicted molar refractivity (Wildman–Crippen MR) is 146 cm³/mol. The van der Waals surface area contributed by atoms with Crippen molar-refractivity contribution in [2.45, 2.75) is 78.2 Å². The summed E-state index contributed by atoms with van der Waals surface area (Å²) in [5.74, 6) is -1.41. The molecular weight excluding hydrogens is 490 g/mol. The second kappa shape index (κ2) is 16.4. The third-order valence-electron chi connectivity index (χ3n) is 4.93. The van der Waals surface area contributed by atoms with E-state index in [0.29, 0.717) is 26.2 Å². The molecule has 3 N–H and O–H groups in total. The normalized spacial score (nSPS) is 13.4. The fourth-order valence-corrected chi connectivity index (χ4v) is 3.38. The number of hydrogen-bond acceptors (Lipinski definition) is 10. The van der Waals surface area contributed by atoms with Crippen LogP contribution >= 0.6 is 0 Å². The van der Waals surface area contributed by atoms with E-state index in [-0.39, 0.29) is 38.8 Å². The minimum Gasteiger partial charge on any atom is -0.466 e. The van der Waals surface area contributed by atoms with E-state index in [0.717, 1.165) is 5.56 Å². The van der Waals surface area contributed by atoms with Gasteiger partial charge in [-0.3, -0.25) is 14.9 Å². The van der Waals surface area contributed by atoms with E-state index in [9.17, 15) is 14.4 Å². The number of carbonyl (C=O) groups is 3. The summed E-state index contributed by atoms with van der Waals surface area (Å²) >= 11 is 0. The van der Waals surface area contributed by atoms with Crippen LogP contribution in [0.2, 0.25) is 0 Å². The number of benzene rings is 1. The molecule has 38 heavy (non-hydrogen) atoms. The molecule has 1 atom stereocenters. The van der Waals surface area contributed by atoms with Crippen LogP contribution in [-0.4, -0.2) is 80.6 Å². The van der Waals surface area contributed by atoms with E-state index in [2.05, 4.69) is 16.0 Å². The molecule has 0 bridgehead atoms. The molecule has 10 nitrogen and oxygen atoms in total. The van der Waals surface area contributed by atoms with Gasteiger partial charge >= 0.3 is 17.9 Å². The Bertz CT molecular complexity index is 850. The lowest BCUT2D eigenvalue weighted by Gasteiger charge is -2.34. The van der Waals surface area contributed by atoms with Crippen molar-refractivity contribution in [3.8, 4) is 0 Å². The number of hydrogen-bond donors (Lipinski definition) is 3. The van der Waals surface area contributed by atoms with Gasteiger partial charge in [-0.15, -0.1) is 0 Å². The highest BCUT2D eigenvalue weighted by molar-refractivity contribution is 5.87. The molecule has 0 aliphatic carbocycles. The fraction of sp³-hybridized carbons (Fsp3) is 0.679. The molecule has 1 rings (SSSR count). The van der Waals surface area contributed by atoms with Crippen LogP contribution in [0.1, 0.15) is 60.5 Å². The van der Waals surface area contributed by atoms with Gasteiger partial charge in [-0.2, -0.15) is 0 Å². The lowest BCUT2D eigenvalue weighted by Crippen LogP contribution is -2.60. The van der Waals surface area contributed by atoms with Crippen LogP contribution in [0.4, 0.5) is 0 Å². The fourth-order valence-electron chi connectivity index (χ4n) is 3.38. The third-order valence-corrected chi connectivity index (χ3v) is 4.93. The Labute approximate surface area is 227 Å². The standard InChI is InChI=1S/C28H47N3O7/c1-8-36-23(32)18-28(25(34)38-27(5,6)7,21-35-20-22-12-10-9-11-13-22)31-17-16-29-14-15-30-19-24(33)37-26(2,3)4/h9-13,29-31H,8,14-21H2,1-7H3. The van der Waals surface area contributed by atoms with Crippen molar-refractivity contribution < 1.29 is 33.3 Å². The Morgan fingerprint density at radius 3 is 2.00 bits per heavy atom. The van der Waals surface area contributed by atoms with E-state index in [1.54, 1.807) is 27.7 Å². The number of ether oxygens (including phenoxy) is 4. The SMILES string of the molecule is CCOC(=O)CC(COCc1ccccc1)(NCCNCCNCC(=O)OC(C)(C)C)C(=O)OC(C)(C)C. The molecule has 10 heteroatoms. The molecule has 0 aliphatic heterocycles. The molecule has 1 aromatic carbocycles. The molecule has 0 saturated heterocycles. The lowest BCUT2D eigenvalue weighted by atomic mass is 9.95. The third kappa shape index (κ3) is 15.0. The van der Waals surface area contributed by atoms with Crippen LogP contribution in [0.15, 0.2) is 30.3 Å². The Balaban J connectivity index is 2.74. The maximum Gasteiger partial charge on any atom is 0.329 e. The maximum atomic E-state index is 13.4. The van der Waals surface area contributed by atoms with Crippen LogP contribution in [0.5, 0.6) is 0 Å². The molecule has 0 aliphatic rings. The van der Waals surface area contributed by atoms with Gasteiger partial charge in [-0.1, -0.05) is 30.3 Å². The molecule has 1 aromatic rings. The van der Waals surface area contributed by atoms with E-state index in [4.69, 9.17) is 18.9 Å². The van der Waals surface area contributed by atoms with Gasteiger partial charge in [-0.05, 0) is 54.0 Å². The number of rotatable bonds is 17. The second-order valence-electron chi connectivity index (χ2n) is 11.0. The van der Waals surface area contributed by atoms with Crippen molar-refractivity contribution in [3.05, 3.63) is 35.9 Å². The zero-order valence-electron chi connectivity index (χ0n) is 24.1. The first-order valence-corrected chi connectivity index (χ1v) is 13.2. The quantitative estimate of drug-likeness (QED) is 0.155. The average Bonchev–Trinajstić information content (AvgIpc) is 2.79. The van der Waals surface area contributed by atoms with Crippen LogP contribution in [0, 0.1) is 0 Å². The molecule has 216 valence electrons. The molecular formula is C28H47N3O7. The van der Waals surface area contributed by atoms with Crippen LogP contribution < -0.4 is 16.0 Å². The van der Waals surface area contributed by atoms with Gasteiger partial charge in [-0.25, -0.2) is 4.79 Å². The molecule has 0 saturated carbocycles. The summed E-state index contributed by atoms with van der Waals surface area (Å²) in [6, 6.07) is 9.58. The maximum absolute atomic E-state index is 13.4. The van der Waals surface area contributed by atoms with E-state index < -0.39 is 28.7 Å². The van der Waals surface area contributed by atoms with Crippen molar-refractivity contribution >= 4 is 17.9 Å². The summed E-state index contributed by atoms with van der Waals surface area (Å²) in [5.41, 5.74) is -1.75. The zero-order chi connectivity index (χ0) is 28.7. The monoisotopic (exact) mass is 537 g/mol. The van der Waals surface area contributed by atoms with Gasteiger partial charge < -0.3 is 29.6 Å². The van der Waals surface area contributed by atoms with Crippen molar-refractivity contribution in [2.24, 2.45) is 0 Å². The number of nitrogens with one attached hydrogen (secondary N) is 3. The molecule has 0 fully saturated rings. The Hall–Kier alpha value is -2.53. The Morgan fingerprint density at radius 2 is 1.39 bits per heavy atom. The van der Waals surface area contributed by atoms with Gasteiger partial charge in [0.15, 0.2) is 5.54 Å². The van der Waals surface area contributed by atoms with Crippen LogP contribution in [0.3, 0.4) is 0 Å². The first-order chi connectivity index (χ1) is 17.8. The lowest BCUT2D eigenvalue weighted by molar-refractivity contribution is -0.171.